The van der Waals surface area contributed by atoms with E-state index in [0.29, 0.717) is 25.9 Å². The molecule has 0 saturated heterocycles. The normalized spacial score (nSPS) is 12.7. The highest BCUT2D eigenvalue weighted by molar-refractivity contribution is 5.76. The standard InChI is InChI=1S/C85H161NO5/c1-3-5-7-9-11-13-15-17-19-21-23-42-45-49-53-57-61-65-69-73-77-83(88)82(81-87)86-84(89)78-74-70-66-62-58-54-50-46-43-39-37-35-33-31-29-27-25-24-26-28-30-32-34-36-38-40-44-48-52-56-60-64-68-72-76-80-91-85(90)79-75-71-67-63-59-55-51-47-41-22-20-18-16-14-12-10-8-6-4-2/h12,14,18,20,26,28,32,34,82-83,87-88H,3-11,13,15-17,19,21-25,27,29-31,33,35-81H2,1-2H3,(H,86,89)/b14-12-,20-18-,28-26-,34-32-. The first kappa shape index (κ1) is 88.8. The van der Waals surface area contributed by atoms with Crippen molar-refractivity contribution in [3.8, 4) is 0 Å². The van der Waals surface area contributed by atoms with Gasteiger partial charge in [-0.05, 0) is 89.9 Å². The van der Waals surface area contributed by atoms with Crippen molar-refractivity contribution in [1.82, 2.24) is 5.32 Å². The number of aliphatic hydroxyl groups is 2. The van der Waals surface area contributed by atoms with Crippen molar-refractivity contribution in [2.24, 2.45) is 0 Å². The van der Waals surface area contributed by atoms with Gasteiger partial charge in [0.25, 0.3) is 0 Å². The average Bonchev–Trinajstić information content (AvgIpc) is 3.74. The SMILES string of the molecule is CCCCC/C=C\C/C=C\CCCCCCCCCCCC(=O)OCCCCCCCCCCCCC/C=C\C/C=C\CCCCCCCCCCCCCCCCCCCC(=O)NC(CO)C(O)CCCCCCCCCCCCCCCCCCCCCC. The molecule has 6 heteroatoms. The molecule has 2 atom stereocenters. The molecule has 6 nitrogen and oxygen atoms in total. The fourth-order valence-electron chi connectivity index (χ4n) is 13.1. The van der Waals surface area contributed by atoms with E-state index in [1.807, 2.05) is 0 Å². The van der Waals surface area contributed by atoms with Crippen molar-refractivity contribution in [1.29, 1.82) is 0 Å². The van der Waals surface area contributed by atoms with E-state index in [1.165, 1.54) is 366 Å². The highest BCUT2D eigenvalue weighted by Crippen LogP contribution is 2.20. The molecule has 1 amide bonds. The largest absolute Gasteiger partial charge is 0.466 e. The van der Waals surface area contributed by atoms with E-state index in [4.69, 9.17) is 4.74 Å². The summed E-state index contributed by atoms with van der Waals surface area (Å²) in [6, 6.07) is -0.541. The fourth-order valence-corrected chi connectivity index (χ4v) is 13.1. The molecule has 0 rings (SSSR count). The molecule has 2 unspecified atom stereocenters. The van der Waals surface area contributed by atoms with Gasteiger partial charge in [0.2, 0.25) is 5.91 Å². The van der Waals surface area contributed by atoms with Crippen molar-refractivity contribution in [2.75, 3.05) is 13.2 Å². The molecule has 0 saturated carbocycles. The molecule has 0 aromatic carbocycles. The zero-order valence-electron chi connectivity index (χ0n) is 61.6. The summed E-state index contributed by atoms with van der Waals surface area (Å²) in [6.45, 7) is 4.97. The highest BCUT2D eigenvalue weighted by atomic mass is 16.5. The summed E-state index contributed by atoms with van der Waals surface area (Å²) in [5, 5.41) is 23.5. The van der Waals surface area contributed by atoms with Crippen LogP contribution in [0.5, 0.6) is 0 Å². The molecule has 0 bridgehead atoms. The second-order valence-electron chi connectivity index (χ2n) is 28.5. The third kappa shape index (κ3) is 76.7. The summed E-state index contributed by atoms with van der Waals surface area (Å²) in [5.41, 5.74) is 0. The number of carbonyl (C=O) groups excluding carboxylic acids is 2. The zero-order chi connectivity index (χ0) is 65.6. The Hall–Kier alpha value is -2.18. The summed E-state index contributed by atoms with van der Waals surface area (Å²) in [4.78, 5) is 24.7. The third-order valence-electron chi connectivity index (χ3n) is 19.4. The summed E-state index contributed by atoms with van der Waals surface area (Å²) in [6.07, 6.45) is 106. The van der Waals surface area contributed by atoms with Crippen molar-refractivity contribution in [3.63, 3.8) is 0 Å². The van der Waals surface area contributed by atoms with Crippen LogP contribution < -0.4 is 5.32 Å². The van der Waals surface area contributed by atoms with Crippen LogP contribution in [0.15, 0.2) is 48.6 Å². The molecule has 91 heavy (non-hydrogen) atoms. The number of nitrogens with one attached hydrogen (secondary N) is 1. The van der Waals surface area contributed by atoms with Gasteiger partial charge in [-0.3, -0.25) is 9.59 Å². The molecule has 0 aromatic rings. The molecular weight excluding hydrogens is 1110 g/mol. The van der Waals surface area contributed by atoms with Crippen molar-refractivity contribution < 1.29 is 24.5 Å². The summed E-state index contributed by atoms with van der Waals surface area (Å²) in [5.74, 6) is -0.0144. The van der Waals surface area contributed by atoms with Gasteiger partial charge in [0, 0.05) is 12.8 Å². The topological polar surface area (TPSA) is 95.9 Å². The Morgan fingerprint density at radius 3 is 0.857 bits per heavy atom. The first-order chi connectivity index (χ1) is 45.0. The van der Waals surface area contributed by atoms with Gasteiger partial charge < -0.3 is 20.3 Å². The van der Waals surface area contributed by atoms with Crippen molar-refractivity contribution in [3.05, 3.63) is 48.6 Å². The lowest BCUT2D eigenvalue weighted by Gasteiger charge is -2.22. The van der Waals surface area contributed by atoms with Gasteiger partial charge in [0.1, 0.15) is 0 Å². The number of allylic oxidation sites excluding steroid dienone is 8. The predicted octanol–water partition coefficient (Wildman–Crippen LogP) is 27.5. The summed E-state index contributed by atoms with van der Waals surface area (Å²) < 4.78 is 5.51. The van der Waals surface area contributed by atoms with Gasteiger partial charge in [-0.2, -0.15) is 0 Å². The lowest BCUT2D eigenvalue weighted by Crippen LogP contribution is -2.45. The van der Waals surface area contributed by atoms with Crippen LogP contribution in [-0.4, -0.2) is 47.4 Å². The van der Waals surface area contributed by atoms with Gasteiger partial charge in [-0.15, -0.1) is 0 Å². The molecule has 0 aromatic heterocycles. The smallest absolute Gasteiger partial charge is 0.305 e. The average molecular weight is 1280 g/mol. The number of unbranched alkanes of at least 4 members (excludes halogenated alkanes) is 59. The van der Waals surface area contributed by atoms with Gasteiger partial charge in [0.05, 0.1) is 25.4 Å². The fraction of sp³-hybridized carbons (Fsp3) is 0.882. The number of rotatable bonds is 78. The molecular formula is C85H161NO5. The second kappa shape index (κ2) is 80.3. The zero-order valence-corrected chi connectivity index (χ0v) is 61.6. The first-order valence-electron chi connectivity index (χ1n) is 41.4. The van der Waals surface area contributed by atoms with Crippen LogP contribution in [0.3, 0.4) is 0 Å². The number of carbonyl (C=O) groups is 2. The summed E-state index contributed by atoms with van der Waals surface area (Å²) in [7, 11) is 0. The maximum atomic E-state index is 12.6. The van der Waals surface area contributed by atoms with Crippen LogP contribution in [0.25, 0.3) is 0 Å². The van der Waals surface area contributed by atoms with Gasteiger partial charge in [0.15, 0.2) is 0 Å². The molecule has 0 radical (unpaired) electrons. The lowest BCUT2D eigenvalue weighted by molar-refractivity contribution is -0.143. The van der Waals surface area contributed by atoms with Gasteiger partial charge >= 0.3 is 5.97 Å². The molecule has 3 N–H and O–H groups in total. The number of hydrogen-bond acceptors (Lipinski definition) is 5. The number of amides is 1. The second-order valence-corrected chi connectivity index (χ2v) is 28.5. The Labute approximate surface area is 569 Å². The minimum absolute atomic E-state index is 0.0136. The molecule has 0 fully saturated rings. The summed E-state index contributed by atoms with van der Waals surface area (Å²) >= 11 is 0. The first-order valence-corrected chi connectivity index (χ1v) is 41.4. The Morgan fingerprint density at radius 2 is 0.549 bits per heavy atom. The Bertz CT molecular complexity index is 1520. The van der Waals surface area contributed by atoms with E-state index in [1.54, 1.807) is 0 Å². The number of aliphatic hydroxyl groups excluding tert-OH is 2. The van der Waals surface area contributed by atoms with Crippen LogP contribution in [0.2, 0.25) is 0 Å². The maximum Gasteiger partial charge on any atom is 0.305 e. The number of esters is 1. The molecule has 0 aliphatic carbocycles. The van der Waals surface area contributed by atoms with Gasteiger partial charge in [-0.1, -0.05) is 403 Å². The lowest BCUT2D eigenvalue weighted by atomic mass is 10.0. The molecule has 0 spiro atoms. The van der Waals surface area contributed by atoms with Crippen LogP contribution in [0.4, 0.5) is 0 Å². The van der Waals surface area contributed by atoms with Crippen LogP contribution in [0.1, 0.15) is 457 Å². The van der Waals surface area contributed by atoms with Gasteiger partial charge in [-0.25, -0.2) is 0 Å². The molecule has 536 valence electrons. The van der Waals surface area contributed by atoms with E-state index >= 15 is 0 Å². The highest BCUT2D eigenvalue weighted by Gasteiger charge is 2.20. The van der Waals surface area contributed by atoms with Crippen LogP contribution >= 0.6 is 0 Å². The van der Waals surface area contributed by atoms with E-state index in [-0.39, 0.29) is 18.5 Å². The Morgan fingerprint density at radius 1 is 0.308 bits per heavy atom. The van der Waals surface area contributed by atoms with E-state index < -0.39 is 12.1 Å². The quantitative estimate of drug-likeness (QED) is 0.0320. The monoisotopic (exact) mass is 1280 g/mol. The third-order valence-corrected chi connectivity index (χ3v) is 19.4. The van der Waals surface area contributed by atoms with Crippen LogP contribution in [0, 0.1) is 0 Å². The van der Waals surface area contributed by atoms with E-state index in [2.05, 4.69) is 67.8 Å². The van der Waals surface area contributed by atoms with Crippen LogP contribution in [-0.2, 0) is 14.3 Å². The minimum atomic E-state index is -0.664. The molecule has 0 heterocycles. The number of ether oxygens (including phenoxy) is 1. The van der Waals surface area contributed by atoms with E-state index in [0.717, 1.165) is 57.8 Å². The maximum absolute atomic E-state index is 12.6. The molecule has 0 aliphatic rings. The van der Waals surface area contributed by atoms with E-state index in [9.17, 15) is 19.8 Å². The minimum Gasteiger partial charge on any atom is -0.466 e. The predicted molar refractivity (Wildman–Crippen MR) is 402 cm³/mol. The Balaban J connectivity index is 3.37. The Kier molecular flexibility index (Phi) is 78.3. The van der Waals surface area contributed by atoms with Crippen molar-refractivity contribution in [2.45, 2.75) is 469 Å². The number of hydrogen-bond donors (Lipinski definition) is 3. The van der Waals surface area contributed by atoms with Crippen molar-refractivity contribution >= 4 is 11.9 Å². The molecule has 0 aliphatic heterocycles.